The minimum atomic E-state index is -1.69. The fourth-order valence-corrected chi connectivity index (χ4v) is 0. The maximum Gasteiger partial charge on any atom is 1.00 e. The smallest absolute Gasteiger partial charge is 0.550 e. The molecule has 0 spiro atoms. The summed E-state index contributed by atoms with van der Waals surface area (Å²) in [5.74, 6) is -3.86. The van der Waals surface area contributed by atoms with Gasteiger partial charge in [-0.1, -0.05) is 0 Å². The molecule has 0 radical (unpaired) electrons. The van der Waals surface area contributed by atoms with Gasteiger partial charge in [0.1, 0.15) is 12.0 Å². The Balaban J connectivity index is -0.0000000216. The molecule has 0 saturated heterocycles. The van der Waals surface area contributed by atoms with E-state index < -0.39 is 17.9 Å². The number of carboxylic acids is 3. The molecule has 0 amide bonds. The van der Waals surface area contributed by atoms with E-state index >= 15 is 0 Å². The number of carbonyl (C=O) groups excluding carboxylic acids is 3. The molecule has 0 aliphatic heterocycles. The average Bonchev–Trinajstić information content (AvgIpc) is 1.84. The molecule has 0 aromatic carbocycles. The average molecular weight is 257 g/mol. The summed E-state index contributed by atoms with van der Waals surface area (Å²) in [6.45, 7) is 1.94. The number of carboxylic acid groups (broad SMARTS) is 3. The molecule has 0 aliphatic rings. The van der Waals surface area contributed by atoms with Crippen LogP contribution in [0.5, 0.6) is 0 Å². The van der Waals surface area contributed by atoms with E-state index in [1.165, 1.54) is 0 Å². The first kappa shape index (κ1) is 36.0. The largest absolute Gasteiger partial charge is 1.00 e. The first-order chi connectivity index (χ1) is 5.73. The zero-order valence-electron chi connectivity index (χ0n) is 9.90. The third kappa shape index (κ3) is 342. The Morgan fingerprint density at radius 3 is 0.938 bits per heavy atom. The molecular weight excluding hydrogens is 251 g/mol. The van der Waals surface area contributed by atoms with Crippen LogP contribution in [0.3, 0.4) is 0 Å². The molecule has 0 atom stereocenters. The van der Waals surface area contributed by atoms with Gasteiger partial charge in [0.05, 0.1) is 0 Å². The van der Waals surface area contributed by atoms with E-state index in [1.54, 1.807) is 0 Å². The van der Waals surface area contributed by atoms with Crippen LogP contribution in [0.15, 0.2) is 0 Å². The fraction of sp³-hybridized carbons (Fsp3) is 0.333. The second kappa shape index (κ2) is 29.7. The van der Waals surface area contributed by atoms with Gasteiger partial charge in [0.15, 0.2) is 0 Å². The predicted molar refractivity (Wildman–Crippen MR) is 32.0 cm³/mol. The van der Waals surface area contributed by atoms with Crippen molar-refractivity contribution in [2.75, 3.05) is 0 Å². The van der Waals surface area contributed by atoms with Crippen molar-refractivity contribution in [3.8, 4) is 6.07 Å². The van der Waals surface area contributed by atoms with E-state index in [9.17, 15) is 0 Å². The monoisotopic (exact) mass is 257 g/mol. The van der Waals surface area contributed by atoms with E-state index in [0.29, 0.717) is 0 Å². The van der Waals surface area contributed by atoms with Gasteiger partial charge in [0, 0.05) is 11.9 Å². The number of rotatable bonds is 0. The number of nitrogens with zero attached hydrogens (tertiary/aromatic N) is 1. The van der Waals surface area contributed by atoms with Crippen LogP contribution < -0.4 is 104 Å². The van der Waals surface area contributed by atoms with Crippen molar-refractivity contribution >= 4 is 17.9 Å². The Hall–Kier alpha value is 0.900. The van der Waals surface area contributed by atoms with Gasteiger partial charge >= 0.3 is 88.7 Å². The normalized spacial score (nSPS) is 4.81. The van der Waals surface area contributed by atoms with Crippen molar-refractivity contribution in [3.63, 3.8) is 0 Å². The standard InChI is InChI=1S/C2HNO2.2C2H4O2.3Na/c3-1-2(4)5;2*1-2(3)4;;;/h(H,4,5);2*1H3,(H,3,4);;;/q;;;3*+1/p-3. The summed E-state index contributed by atoms with van der Waals surface area (Å²) in [5.41, 5.74) is 0. The molecule has 0 rings (SSSR count). The summed E-state index contributed by atoms with van der Waals surface area (Å²) in [7, 11) is 0. The Bertz CT molecular complexity index is 207. The molecule has 0 fully saturated rings. The quantitative estimate of drug-likeness (QED) is 0.309. The minimum Gasteiger partial charge on any atom is -0.550 e. The zero-order chi connectivity index (χ0) is 11.4. The fourth-order valence-electron chi connectivity index (χ4n) is 0. The van der Waals surface area contributed by atoms with Crippen molar-refractivity contribution in [1.82, 2.24) is 0 Å². The SMILES string of the molecule is CC(=O)[O-].CC(=O)[O-].N#CC(=O)[O-].[Na+].[Na+].[Na+]. The second-order valence-electron chi connectivity index (χ2n) is 1.38. The number of aliphatic carboxylic acids is 3. The van der Waals surface area contributed by atoms with Gasteiger partial charge in [-0.3, -0.25) is 0 Å². The van der Waals surface area contributed by atoms with Gasteiger partial charge in [-0.15, -0.1) is 0 Å². The summed E-state index contributed by atoms with van der Waals surface area (Å²) < 4.78 is 0. The molecule has 10 heteroatoms. The summed E-state index contributed by atoms with van der Waals surface area (Å²) in [6.07, 6.45) is 0. The minimum absolute atomic E-state index is 0. The molecule has 0 aromatic heterocycles. The van der Waals surface area contributed by atoms with E-state index in [0.717, 1.165) is 19.9 Å². The summed E-state index contributed by atoms with van der Waals surface area (Å²) in [4.78, 5) is 26.7. The van der Waals surface area contributed by atoms with Crippen LogP contribution in [-0.2, 0) is 14.4 Å². The molecule has 74 valence electrons. The molecule has 7 nitrogen and oxygen atoms in total. The van der Waals surface area contributed by atoms with E-state index in [4.69, 9.17) is 35.0 Å². The summed E-state index contributed by atoms with van der Waals surface area (Å²) in [5, 5.41) is 33.9. The van der Waals surface area contributed by atoms with Crippen LogP contribution in [-0.4, -0.2) is 17.9 Å². The molecule has 16 heavy (non-hydrogen) atoms. The molecule has 0 N–H and O–H groups in total. The molecule has 0 aromatic rings. The number of carbonyl (C=O) groups is 3. The van der Waals surface area contributed by atoms with Gasteiger partial charge in [0.25, 0.3) is 0 Å². The van der Waals surface area contributed by atoms with Gasteiger partial charge in [-0.25, -0.2) is 0 Å². The molecule has 0 aliphatic carbocycles. The third-order valence-corrected chi connectivity index (χ3v) is 0.0913. The van der Waals surface area contributed by atoms with E-state index in [1.807, 2.05) is 0 Å². The van der Waals surface area contributed by atoms with Gasteiger partial charge in [-0.2, -0.15) is 5.26 Å². The predicted octanol–water partition coefficient (Wildman–Crippen LogP) is -13.2. The number of nitriles is 1. The van der Waals surface area contributed by atoms with Crippen LogP contribution in [0.1, 0.15) is 13.8 Å². The number of hydrogen-bond acceptors (Lipinski definition) is 7. The Morgan fingerprint density at radius 2 is 0.938 bits per heavy atom. The van der Waals surface area contributed by atoms with Crippen molar-refractivity contribution in [2.24, 2.45) is 0 Å². The van der Waals surface area contributed by atoms with Gasteiger partial charge in [0.2, 0.25) is 0 Å². The third-order valence-electron chi connectivity index (χ3n) is 0.0913. The van der Waals surface area contributed by atoms with E-state index in [2.05, 4.69) is 0 Å². The first-order valence-electron chi connectivity index (χ1n) is 2.70. The Kier molecular flexibility index (Phi) is 66.8. The Labute approximate surface area is 159 Å². The molecular formula is C6H6NNa3O6. The zero-order valence-corrected chi connectivity index (χ0v) is 15.9. The molecule has 0 bridgehead atoms. The van der Waals surface area contributed by atoms with Crippen molar-refractivity contribution < 1.29 is 118 Å². The maximum atomic E-state index is 8.90. The van der Waals surface area contributed by atoms with Gasteiger partial charge < -0.3 is 29.7 Å². The first-order valence-corrected chi connectivity index (χ1v) is 2.70. The summed E-state index contributed by atoms with van der Waals surface area (Å²) in [6, 6.07) is 0.833. The van der Waals surface area contributed by atoms with Crippen molar-refractivity contribution in [2.45, 2.75) is 13.8 Å². The van der Waals surface area contributed by atoms with Crippen LogP contribution in [0.4, 0.5) is 0 Å². The Morgan fingerprint density at radius 1 is 0.875 bits per heavy atom. The number of hydrogen-bond donors (Lipinski definition) is 0. The van der Waals surface area contributed by atoms with E-state index in [-0.39, 0.29) is 88.7 Å². The second-order valence-corrected chi connectivity index (χ2v) is 1.38. The van der Waals surface area contributed by atoms with Crippen LogP contribution >= 0.6 is 0 Å². The van der Waals surface area contributed by atoms with Crippen molar-refractivity contribution in [1.29, 1.82) is 5.26 Å². The van der Waals surface area contributed by atoms with Crippen LogP contribution in [0, 0.1) is 11.3 Å². The maximum absolute atomic E-state index is 8.90. The van der Waals surface area contributed by atoms with Crippen molar-refractivity contribution in [3.05, 3.63) is 0 Å². The van der Waals surface area contributed by atoms with Gasteiger partial charge in [-0.05, 0) is 13.8 Å². The topological polar surface area (TPSA) is 144 Å². The molecule has 0 saturated carbocycles. The molecule has 0 heterocycles. The summed E-state index contributed by atoms with van der Waals surface area (Å²) >= 11 is 0. The van der Waals surface area contributed by atoms with Crippen LogP contribution in [0.2, 0.25) is 0 Å². The molecule has 0 unspecified atom stereocenters. The van der Waals surface area contributed by atoms with Crippen LogP contribution in [0.25, 0.3) is 0 Å².